The lowest BCUT2D eigenvalue weighted by atomic mass is 10.1. The molecule has 3 aromatic rings. The maximum atomic E-state index is 12.5. The lowest BCUT2D eigenvalue weighted by Crippen LogP contribution is -2.13. The Morgan fingerprint density at radius 2 is 2.12 bits per heavy atom. The third kappa shape index (κ3) is 3.60. The average molecular weight is 406 g/mol. The monoisotopic (exact) mass is 405 g/mol. The van der Waals surface area contributed by atoms with Gasteiger partial charge in [-0.05, 0) is 18.2 Å². The van der Waals surface area contributed by atoms with Crippen molar-refractivity contribution in [2.24, 2.45) is 0 Å². The molecule has 3 rings (SSSR count). The number of nitrogens with one attached hydrogen (secondary N) is 1. The van der Waals surface area contributed by atoms with Gasteiger partial charge in [0.2, 0.25) is 0 Å². The molecule has 0 fully saturated rings. The van der Waals surface area contributed by atoms with Crippen LogP contribution in [-0.2, 0) is 11.2 Å². The van der Waals surface area contributed by atoms with E-state index in [4.69, 9.17) is 5.11 Å². The molecule has 122 valence electrons. The second kappa shape index (κ2) is 7.06. The molecule has 1 aromatic carbocycles. The number of carboxylic acid groups (broad SMARTS) is 1. The minimum absolute atomic E-state index is 0.0123. The summed E-state index contributed by atoms with van der Waals surface area (Å²) in [6.07, 6.45) is 1.99. The number of anilines is 1. The van der Waals surface area contributed by atoms with Gasteiger partial charge in [0.25, 0.3) is 5.91 Å². The van der Waals surface area contributed by atoms with Crippen LogP contribution in [0.15, 0.2) is 40.3 Å². The van der Waals surface area contributed by atoms with E-state index >= 15 is 0 Å². The fourth-order valence-corrected chi connectivity index (χ4v) is 3.39. The van der Waals surface area contributed by atoms with E-state index in [0.717, 1.165) is 9.86 Å². The maximum Gasteiger partial charge on any atom is 0.303 e. The van der Waals surface area contributed by atoms with Crippen molar-refractivity contribution < 1.29 is 14.7 Å². The molecule has 0 unspecified atom stereocenters. The highest BCUT2D eigenvalue weighted by Crippen LogP contribution is 2.26. The summed E-state index contributed by atoms with van der Waals surface area (Å²) in [6, 6.07) is 7.20. The number of rotatable bonds is 5. The van der Waals surface area contributed by atoms with Gasteiger partial charge in [-0.2, -0.15) is 0 Å². The molecule has 0 radical (unpaired) electrons. The number of hydrogen-bond acceptors (Lipinski definition) is 5. The number of hydrogen-bond donors (Lipinski definition) is 2. The highest BCUT2D eigenvalue weighted by Gasteiger charge is 2.14. The highest BCUT2D eigenvalue weighted by atomic mass is 79.9. The van der Waals surface area contributed by atoms with E-state index < -0.39 is 5.97 Å². The summed E-state index contributed by atoms with van der Waals surface area (Å²) in [7, 11) is 0. The minimum atomic E-state index is -0.874. The van der Waals surface area contributed by atoms with Crippen molar-refractivity contribution in [1.29, 1.82) is 0 Å². The number of benzene rings is 1. The van der Waals surface area contributed by atoms with E-state index in [1.54, 1.807) is 23.7 Å². The largest absolute Gasteiger partial charge is 0.481 e. The van der Waals surface area contributed by atoms with Gasteiger partial charge in [-0.3, -0.25) is 19.9 Å². The van der Waals surface area contributed by atoms with E-state index in [0.29, 0.717) is 28.3 Å². The van der Waals surface area contributed by atoms with Crippen LogP contribution in [0.3, 0.4) is 0 Å². The summed E-state index contributed by atoms with van der Waals surface area (Å²) in [6.45, 7) is 0. The number of carboxylic acids is 1. The molecular formula is C16H12BrN3O3S. The van der Waals surface area contributed by atoms with Crippen LogP contribution in [0.5, 0.6) is 0 Å². The number of halogens is 1. The van der Waals surface area contributed by atoms with Crippen molar-refractivity contribution in [2.75, 3.05) is 5.32 Å². The fraction of sp³-hybridized carbons (Fsp3) is 0.125. The normalized spacial score (nSPS) is 10.7. The Balaban J connectivity index is 1.81. The van der Waals surface area contributed by atoms with Crippen LogP contribution in [-0.4, -0.2) is 27.0 Å². The van der Waals surface area contributed by atoms with E-state index in [2.05, 4.69) is 31.2 Å². The Hall–Kier alpha value is -2.32. The zero-order valence-electron chi connectivity index (χ0n) is 12.3. The molecule has 8 heteroatoms. The second-order valence-electron chi connectivity index (χ2n) is 4.99. The van der Waals surface area contributed by atoms with Gasteiger partial charge >= 0.3 is 5.97 Å². The van der Waals surface area contributed by atoms with Crippen LogP contribution in [0, 0.1) is 0 Å². The first-order chi connectivity index (χ1) is 11.5. The van der Waals surface area contributed by atoms with Crippen LogP contribution >= 0.6 is 27.3 Å². The Kier molecular flexibility index (Phi) is 4.86. The first-order valence-electron chi connectivity index (χ1n) is 7.05. The Morgan fingerprint density at radius 3 is 2.92 bits per heavy atom. The van der Waals surface area contributed by atoms with Gasteiger partial charge in [0, 0.05) is 27.9 Å². The number of fused-ring (bicyclic) bond motifs is 1. The third-order valence-corrected chi connectivity index (χ3v) is 4.83. The fourth-order valence-electron chi connectivity index (χ4n) is 2.20. The molecule has 2 heterocycles. The number of aliphatic carboxylic acids is 1. The number of aryl methyl sites for hydroxylation is 1. The maximum absolute atomic E-state index is 12.5. The quantitative estimate of drug-likeness (QED) is 0.674. The Morgan fingerprint density at radius 1 is 1.29 bits per heavy atom. The van der Waals surface area contributed by atoms with Crippen LogP contribution in [0.2, 0.25) is 0 Å². The van der Waals surface area contributed by atoms with Gasteiger partial charge in [-0.15, -0.1) is 11.3 Å². The van der Waals surface area contributed by atoms with E-state index in [1.807, 2.05) is 12.1 Å². The van der Waals surface area contributed by atoms with Crippen molar-refractivity contribution >= 4 is 55.2 Å². The van der Waals surface area contributed by atoms with Crippen LogP contribution in [0.25, 0.3) is 10.9 Å². The molecule has 0 saturated heterocycles. The molecule has 0 aliphatic rings. The van der Waals surface area contributed by atoms with Gasteiger partial charge in [0.05, 0.1) is 23.2 Å². The molecule has 24 heavy (non-hydrogen) atoms. The number of pyridine rings is 1. The predicted molar refractivity (Wildman–Crippen MR) is 95.5 cm³/mol. The number of nitrogens with zero attached hydrogens (tertiary/aromatic N) is 2. The van der Waals surface area contributed by atoms with Crippen LogP contribution < -0.4 is 5.32 Å². The van der Waals surface area contributed by atoms with Gasteiger partial charge in [0.1, 0.15) is 0 Å². The number of carbonyl (C=O) groups is 2. The summed E-state index contributed by atoms with van der Waals surface area (Å²) in [5.74, 6) is -1.17. The van der Waals surface area contributed by atoms with E-state index in [-0.39, 0.29) is 12.3 Å². The van der Waals surface area contributed by atoms with E-state index in [1.165, 1.54) is 11.3 Å². The molecule has 0 atom stereocenters. The Labute approximate surface area is 149 Å². The third-order valence-electron chi connectivity index (χ3n) is 3.33. The summed E-state index contributed by atoms with van der Waals surface area (Å²) >= 11 is 4.72. The van der Waals surface area contributed by atoms with Crippen molar-refractivity contribution in [3.8, 4) is 0 Å². The molecule has 0 aliphatic carbocycles. The highest BCUT2D eigenvalue weighted by molar-refractivity contribution is 9.10. The van der Waals surface area contributed by atoms with Crippen molar-refractivity contribution in [1.82, 2.24) is 9.97 Å². The summed E-state index contributed by atoms with van der Waals surface area (Å²) in [4.78, 5) is 31.6. The SMILES string of the molecule is O=C(O)CCc1csc(NC(=O)c2ccc(Br)c3cccnc23)n1. The lowest BCUT2D eigenvalue weighted by molar-refractivity contribution is -0.136. The molecule has 0 saturated carbocycles. The number of aromatic nitrogens is 2. The number of amides is 1. The Bertz CT molecular complexity index is 926. The van der Waals surface area contributed by atoms with Gasteiger partial charge in [-0.1, -0.05) is 22.0 Å². The van der Waals surface area contributed by atoms with Gasteiger partial charge in [-0.25, -0.2) is 4.98 Å². The second-order valence-corrected chi connectivity index (χ2v) is 6.70. The molecule has 2 N–H and O–H groups in total. The number of thiazole rings is 1. The molecule has 0 bridgehead atoms. The van der Waals surface area contributed by atoms with Crippen LogP contribution in [0.4, 0.5) is 5.13 Å². The smallest absolute Gasteiger partial charge is 0.303 e. The zero-order valence-corrected chi connectivity index (χ0v) is 14.7. The van der Waals surface area contributed by atoms with E-state index in [9.17, 15) is 9.59 Å². The standard InChI is InChI=1S/C16H12BrN3O3S/c17-12-5-4-11(14-10(12)2-1-7-18-14)15(23)20-16-19-9(8-24-16)3-6-13(21)22/h1-2,4-5,7-8H,3,6H2,(H,21,22)(H,19,20,23). The first kappa shape index (κ1) is 16.5. The summed E-state index contributed by atoms with van der Waals surface area (Å²) in [5.41, 5.74) is 1.71. The molecule has 0 spiro atoms. The molecule has 1 amide bonds. The lowest BCUT2D eigenvalue weighted by Gasteiger charge is -2.06. The summed E-state index contributed by atoms with van der Waals surface area (Å²) < 4.78 is 0.868. The molecule has 6 nitrogen and oxygen atoms in total. The summed E-state index contributed by atoms with van der Waals surface area (Å²) in [5, 5.41) is 14.5. The first-order valence-corrected chi connectivity index (χ1v) is 8.72. The molecular weight excluding hydrogens is 394 g/mol. The van der Waals surface area contributed by atoms with Gasteiger partial charge < -0.3 is 5.11 Å². The molecule has 0 aliphatic heterocycles. The zero-order chi connectivity index (χ0) is 17.1. The topological polar surface area (TPSA) is 92.2 Å². The van der Waals surface area contributed by atoms with Crippen LogP contribution in [0.1, 0.15) is 22.5 Å². The molecule has 2 aromatic heterocycles. The number of carbonyl (C=O) groups excluding carboxylic acids is 1. The van der Waals surface area contributed by atoms with Crippen molar-refractivity contribution in [2.45, 2.75) is 12.8 Å². The average Bonchev–Trinajstić information content (AvgIpc) is 3.01. The van der Waals surface area contributed by atoms with Crippen molar-refractivity contribution in [3.63, 3.8) is 0 Å². The van der Waals surface area contributed by atoms with Gasteiger partial charge in [0.15, 0.2) is 5.13 Å². The predicted octanol–water partition coefficient (Wildman–Crippen LogP) is 3.72. The van der Waals surface area contributed by atoms with Crippen molar-refractivity contribution in [3.05, 3.63) is 51.6 Å². The minimum Gasteiger partial charge on any atom is -0.481 e.